The summed E-state index contributed by atoms with van der Waals surface area (Å²) >= 11 is 16.8. The van der Waals surface area contributed by atoms with Gasteiger partial charge < -0.3 is 9.55 Å². The first-order valence-corrected chi connectivity index (χ1v) is 15.0. The molecule has 4 heterocycles. The van der Waals surface area contributed by atoms with Crippen LogP contribution in [0.2, 0.25) is 10.0 Å². The highest BCUT2D eigenvalue weighted by Crippen LogP contribution is 2.37. The van der Waals surface area contributed by atoms with Crippen LogP contribution in [0.4, 0.5) is 0 Å². The Morgan fingerprint density at radius 2 is 1.23 bits per heavy atom. The van der Waals surface area contributed by atoms with Crippen molar-refractivity contribution < 1.29 is 0 Å². The fourth-order valence-corrected chi connectivity index (χ4v) is 6.39. The number of nitrogens with one attached hydrogen (secondary N) is 1. The van der Waals surface area contributed by atoms with Crippen LogP contribution in [0, 0.1) is 0 Å². The summed E-state index contributed by atoms with van der Waals surface area (Å²) in [4.78, 5) is 12.9. The normalized spacial score (nSPS) is 11.7. The molecule has 0 amide bonds. The minimum Gasteiger partial charge on any atom is -0.352 e. The third kappa shape index (κ3) is 4.12. The van der Waals surface area contributed by atoms with Crippen molar-refractivity contribution >= 4 is 105 Å². The quantitative estimate of drug-likeness (QED) is 0.199. The highest BCUT2D eigenvalue weighted by atomic mass is 79.9. The average Bonchev–Trinajstić information content (AvgIpc) is 3.53. The second kappa shape index (κ2) is 10.4. The molecule has 0 radical (unpaired) electrons. The van der Waals surface area contributed by atoms with Crippen molar-refractivity contribution in [2.45, 2.75) is 13.0 Å². The van der Waals surface area contributed by atoms with E-state index in [4.69, 9.17) is 33.2 Å². The molecule has 0 saturated heterocycles. The molecule has 1 N–H and O–H groups in total. The molecule has 40 heavy (non-hydrogen) atoms. The van der Waals surface area contributed by atoms with E-state index in [2.05, 4.69) is 55.8 Å². The Hall–Kier alpha value is -3.64. The van der Waals surface area contributed by atoms with Gasteiger partial charge in [-0.15, -0.1) is 0 Å². The molecule has 0 fully saturated rings. The first-order chi connectivity index (χ1) is 19.7. The van der Waals surface area contributed by atoms with E-state index in [0.717, 1.165) is 83.1 Å². The zero-order valence-electron chi connectivity index (χ0n) is 21.3. The van der Waals surface area contributed by atoms with E-state index in [9.17, 15) is 0 Å². The number of aryl methyl sites for hydroxylation is 1. The van der Waals surface area contributed by atoms with Crippen molar-refractivity contribution in [3.05, 3.63) is 107 Å². The number of fused-ring (bicyclic) bond motifs is 8. The molecule has 196 valence electrons. The monoisotopic (exact) mass is 624 g/mol. The third-order valence-electron chi connectivity index (χ3n) is 7.31. The summed E-state index contributed by atoms with van der Waals surface area (Å²) in [5.41, 5.74) is 8.03. The van der Waals surface area contributed by atoms with E-state index in [1.807, 2.05) is 66.7 Å². The second-order valence-electron chi connectivity index (χ2n) is 9.69. The molecule has 0 aliphatic heterocycles. The lowest BCUT2D eigenvalue weighted by Crippen LogP contribution is -1.99. The van der Waals surface area contributed by atoms with Gasteiger partial charge in [0.1, 0.15) is 0 Å². The maximum Gasteiger partial charge on any atom is 0.0982 e. The standard InChI is InChI=1S/C18H14BrClN2.C15H9ClN2/c19-10-5-11-22-15-9-4-2-7-13(15)17-18(22)16(20)12-6-1-3-8-14(12)21-17;16-13-9-5-1-3-7-11(9)17-14-10-6-2-4-8-12(10)18-15(13)14/h1-4,6-9H,5,10-11H2;1-8,18H. The summed E-state index contributed by atoms with van der Waals surface area (Å²) in [5.74, 6) is 0. The number of aromatic nitrogens is 4. The van der Waals surface area contributed by atoms with Crippen LogP contribution < -0.4 is 0 Å². The molecule has 4 nitrogen and oxygen atoms in total. The first kappa shape index (κ1) is 25.3. The number of alkyl halides is 1. The van der Waals surface area contributed by atoms with E-state index in [1.165, 1.54) is 10.9 Å². The molecule has 8 aromatic rings. The van der Waals surface area contributed by atoms with Crippen LogP contribution >= 0.6 is 39.1 Å². The van der Waals surface area contributed by atoms with Crippen molar-refractivity contribution in [1.29, 1.82) is 0 Å². The SMILES string of the molecule is Clc1c2ccccc2nc2c1[nH]c1ccccc12.Clc1c2ccccc2nc2c3ccccc3n(CCCBr)c12. The minimum atomic E-state index is 0.742. The zero-order valence-corrected chi connectivity index (χ0v) is 24.4. The molecular formula is C33H23BrCl2N4. The Morgan fingerprint density at radius 3 is 1.95 bits per heavy atom. The van der Waals surface area contributed by atoms with Crippen molar-refractivity contribution in [2.24, 2.45) is 0 Å². The Bertz CT molecular complexity index is 2200. The van der Waals surface area contributed by atoms with E-state index >= 15 is 0 Å². The number of aromatic amines is 1. The smallest absolute Gasteiger partial charge is 0.0982 e. The number of hydrogen-bond acceptors (Lipinski definition) is 2. The van der Waals surface area contributed by atoms with Crippen LogP contribution in [0.5, 0.6) is 0 Å². The summed E-state index contributed by atoms with van der Waals surface area (Å²) in [6.07, 6.45) is 1.05. The lowest BCUT2D eigenvalue weighted by molar-refractivity contribution is 0.732. The third-order valence-corrected chi connectivity index (χ3v) is 8.65. The molecule has 0 atom stereocenters. The highest BCUT2D eigenvalue weighted by molar-refractivity contribution is 9.09. The summed E-state index contributed by atoms with van der Waals surface area (Å²) in [7, 11) is 0. The van der Waals surface area contributed by atoms with E-state index < -0.39 is 0 Å². The average molecular weight is 626 g/mol. The summed E-state index contributed by atoms with van der Waals surface area (Å²) in [6.45, 7) is 0.926. The van der Waals surface area contributed by atoms with Gasteiger partial charge in [0.15, 0.2) is 0 Å². The Kier molecular flexibility index (Phi) is 6.59. The van der Waals surface area contributed by atoms with E-state index in [1.54, 1.807) is 0 Å². The number of pyridine rings is 2. The van der Waals surface area contributed by atoms with Gasteiger partial charge >= 0.3 is 0 Å². The van der Waals surface area contributed by atoms with Gasteiger partial charge in [0.2, 0.25) is 0 Å². The fraction of sp³-hybridized carbons (Fsp3) is 0.0909. The number of rotatable bonds is 3. The topological polar surface area (TPSA) is 46.5 Å². The van der Waals surface area contributed by atoms with Gasteiger partial charge in [-0.05, 0) is 30.7 Å². The van der Waals surface area contributed by atoms with Gasteiger partial charge in [-0.2, -0.15) is 0 Å². The van der Waals surface area contributed by atoms with Crippen LogP contribution in [-0.4, -0.2) is 24.8 Å². The van der Waals surface area contributed by atoms with Gasteiger partial charge in [-0.25, -0.2) is 9.97 Å². The predicted octanol–water partition coefficient (Wildman–Crippen LogP) is 10.3. The molecular weight excluding hydrogens is 603 g/mol. The predicted molar refractivity (Wildman–Crippen MR) is 174 cm³/mol. The lowest BCUT2D eigenvalue weighted by atomic mass is 10.2. The van der Waals surface area contributed by atoms with Crippen molar-refractivity contribution in [3.8, 4) is 0 Å². The Balaban J connectivity index is 0.000000135. The summed E-state index contributed by atoms with van der Waals surface area (Å²) in [6, 6.07) is 32.5. The van der Waals surface area contributed by atoms with Crippen molar-refractivity contribution in [1.82, 2.24) is 19.5 Å². The van der Waals surface area contributed by atoms with E-state index in [0.29, 0.717) is 0 Å². The second-order valence-corrected chi connectivity index (χ2v) is 11.2. The molecule has 0 unspecified atom stereocenters. The molecule has 4 aromatic carbocycles. The number of para-hydroxylation sites is 4. The Labute approximate surface area is 248 Å². The molecule has 0 saturated carbocycles. The molecule has 0 bridgehead atoms. The van der Waals surface area contributed by atoms with Crippen LogP contribution in [0.25, 0.3) is 65.7 Å². The molecule has 0 aliphatic rings. The molecule has 7 heteroatoms. The van der Waals surface area contributed by atoms with Gasteiger partial charge in [-0.3, -0.25) is 0 Å². The summed E-state index contributed by atoms with van der Waals surface area (Å²) < 4.78 is 2.30. The lowest BCUT2D eigenvalue weighted by Gasteiger charge is -2.08. The van der Waals surface area contributed by atoms with Crippen LogP contribution in [-0.2, 0) is 6.54 Å². The molecule has 0 aliphatic carbocycles. The Morgan fingerprint density at radius 1 is 0.650 bits per heavy atom. The fourth-order valence-electron chi connectivity index (χ4n) is 5.49. The van der Waals surface area contributed by atoms with Crippen LogP contribution in [0.1, 0.15) is 6.42 Å². The van der Waals surface area contributed by atoms with E-state index in [-0.39, 0.29) is 0 Å². The van der Waals surface area contributed by atoms with Crippen molar-refractivity contribution in [2.75, 3.05) is 5.33 Å². The first-order valence-electron chi connectivity index (χ1n) is 13.1. The van der Waals surface area contributed by atoms with Gasteiger partial charge in [0.25, 0.3) is 0 Å². The van der Waals surface area contributed by atoms with Crippen LogP contribution in [0.3, 0.4) is 0 Å². The molecule has 4 aromatic heterocycles. The van der Waals surface area contributed by atoms with Crippen molar-refractivity contribution in [3.63, 3.8) is 0 Å². The highest BCUT2D eigenvalue weighted by Gasteiger charge is 2.17. The molecule has 8 rings (SSSR count). The van der Waals surface area contributed by atoms with Gasteiger partial charge in [0, 0.05) is 38.9 Å². The maximum atomic E-state index is 6.76. The minimum absolute atomic E-state index is 0.742. The summed E-state index contributed by atoms with van der Waals surface area (Å²) in [5, 5.41) is 6.79. The largest absolute Gasteiger partial charge is 0.352 e. The number of hydrogen-bond donors (Lipinski definition) is 1. The van der Waals surface area contributed by atoms with Crippen LogP contribution in [0.15, 0.2) is 97.1 Å². The molecule has 0 spiro atoms. The zero-order chi connectivity index (χ0) is 27.2. The number of halogens is 3. The number of nitrogens with zero attached hydrogens (tertiary/aromatic N) is 3. The van der Waals surface area contributed by atoms with Gasteiger partial charge in [-0.1, -0.05) is 112 Å². The van der Waals surface area contributed by atoms with Gasteiger partial charge in [0.05, 0.1) is 48.7 Å². The number of H-pyrrole nitrogens is 1. The maximum absolute atomic E-state index is 6.76. The number of benzene rings is 4.